The number of ether oxygens (including phenoxy) is 2. The van der Waals surface area contributed by atoms with Gasteiger partial charge in [0.25, 0.3) is 0 Å². The molecule has 1 aliphatic heterocycles. The number of hydrogen-bond donors (Lipinski definition) is 1. The minimum Gasteiger partial charge on any atom is -0.497 e. The van der Waals surface area contributed by atoms with E-state index in [1.165, 1.54) is 5.56 Å². The summed E-state index contributed by atoms with van der Waals surface area (Å²) < 4.78 is 10.6. The van der Waals surface area contributed by atoms with E-state index < -0.39 is 0 Å². The summed E-state index contributed by atoms with van der Waals surface area (Å²) >= 11 is 0. The molecular formula is C16H26N2O2. The third-order valence-electron chi connectivity index (χ3n) is 3.79. The average molecular weight is 278 g/mol. The summed E-state index contributed by atoms with van der Waals surface area (Å²) in [7, 11) is 1.70. The van der Waals surface area contributed by atoms with E-state index in [1.807, 2.05) is 12.1 Å². The average Bonchev–Trinajstić information content (AvgIpc) is 2.48. The first-order valence-corrected chi connectivity index (χ1v) is 7.39. The van der Waals surface area contributed by atoms with Crippen LogP contribution in [0.25, 0.3) is 0 Å². The summed E-state index contributed by atoms with van der Waals surface area (Å²) in [6, 6.07) is 9.08. The highest BCUT2D eigenvalue weighted by Crippen LogP contribution is 2.17. The van der Waals surface area contributed by atoms with Crippen molar-refractivity contribution in [3.8, 4) is 5.75 Å². The van der Waals surface area contributed by atoms with E-state index in [0.29, 0.717) is 12.1 Å². The molecule has 112 valence electrons. The van der Waals surface area contributed by atoms with Crippen molar-refractivity contribution in [2.45, 2.75) is 25.9 Å². The van der Waals surface area contributed by atoms with Crippen LogP contribution < -0.4 is 10.1 Å². The maximum absolute atomic E-state index is 5.38. The molecule has 2 rings (SSSR count). The van der Waals surface area contributed by atoms with Gasteiger partial charge in [0, 0.05) is 31.7 Å². The minimum absolute atomic E-state index is 0.344. The molecule has 1 aliphatic rings. The Morgan fingerprint density at radius 2 is 1.85 bits per heavy atom. The topological polar surface area (TPSA) is 33.7 Å². The Bertz CT molecular complexity index is 388. The Morgan fingerprint density at radius 3 is 2.45 bits per heavy atom. The van der Waals surface area contributed by atoms with Gasteiger partial charge in [-0.2, -0.15) is 0 Å². The highest BCUT2D eigenvalue weighted by atomic mass is 16.5. The van der Waals surface area contributed by atoms with Crippen LogP contribution in [0.2, 0.25) is 0 Å². The van der Waals surface area contributed by atoms with Gasteiger partial charge >= 0.3 is 0 Å². The van der Waals surface area contributed by atoms with Crippen LogP contribution in [0.4, 0.5) is 0 Å². The van der Waals surface area contributed by atoms with Gasteiger partial charge in [-0.05, 0) is 31.5 Å². The van der Waals surface area contributed by atoms with Crippen molar-refractivity contribution in [3.05, 3.63) is 29.8 Å². The maximum Gasteiger partial charge on any atom is 0.118 e. The second-order valence-corrected chi connectivity index (χ2v) is 5.48. The Kier molecular flexibility index (Phi) is 5.83. The van der Waals surface area contributed by atoms with Gasteiger partial charge in [0.15, 0.2) is 0 Å². The van der Waals surface area contributed by atoms with Crippen molar-refractivity contribution in [2.75, 3.05) is 40.0 Å². The van der Waals surface area contributed by atoms with E-state index >= 15 is 0 Å². The summed E-state index contributed by atoms with van der Waals surface area (Å²) in [6.45, 7) is 9.34. The van der Waals surface area contributed by atoms with Crippen molar-refractivity contribution >= 4 is 0 Å². The molecule has 0 bridgehead atoms. The van der Waals surface area contributed by atoms with Crippen molar-refractivity contribution in [1.29, 1.82) is 0 Å². The lowest BCUT2D eigenvalue weighted by Crippen LogP contribution is -2.44. The zero-order chi connectivity index (χ0) is 14.4. The summed E-state index contributed by atoms with van der Waals surface area (Å²) in [4.78, 5) is 2.46. The predicted molar refractivity (Wildman–Crippen MR) is 81.3 cm³/mol. The molecule has 0 saturated carbocycles. The van der Waals surface area contributed by atoms with E-state index in [-0.39, 0.29) is 0 Å². The van der Waals surface area contributed by atoms with E-state index in [4.69, 9.17) is 9.47 Å². The lowest BCUT2D eigenvalue weighted by molar-refractivity contribution is 0.0339. The first kappa shape index (κ1) is 15.3. The van der Waals surface area contributed by atoms with Gasteiger partial charge in [-0.1, -0.05) is 12.1 Å². The Hall–Kier alpha value is -1.10. The third-order valence-corrected chi connectivity index (χ3v) is 3.79. The summed E-state index contributed by atoms with van der Waals surface area (Å²) in [5, 5.41) is 3.66. The van der Waals surface area contributed by atoms with Crippen molar-refractivity contribution in [2.24, 2.45) is 0 Å². The number of hydrogen-bond acceptors (Lipinski definition) is 4. The van der Waals surface area contributed by atoms with Crippen LogP contribution in [-0.2, 0) is 4.74 Å². The van der Waals surface area contributed by atoms with Gasteiger partial charge in [0.05, 0.1) is 20.3 Å². The SMILES string of the molecule is COc1ccc(C(C)NC(C)CN2CCOCC2)cc1. The van der Waals surface area contributed by atoms with Gasteiger partial charge in [-0.25, -0.2) is 0 Å². The number of nitrogens with one attached hydrogen (secondary N) is 1. The van der Waals surface area contributed by atoms with Crippen LogP contribution in [0.15, 0.2) is 24.3 Å². The highest BCUT2D eigenvalue weighted by molar-refractivity contribution is 5.28. The number of morpholine rings is 1. The van der Waals surface area contributed by atoms with Crippen molar-refractivity contribution in [3.63, 3.8) is 0 Å². The fraction of sp³-hybridized carbons (Fsp3) is 0.625. The van der Waals surface area contributed by atoms with Gasteiger partial charge in [-0.3, -0.25) is 4.90 Å². The fourth-order valence-electron chi connectivity index (χ4n) is 2.64. The summed E-state index contributed by atoms with van der Waals surface area (Å²) in [5.74, 6) is 0.905. The Morgan fingerprint density at radius 1 is 1.20 bits per heavy atom. The molecule has 4 nitrogen and oxygen atoms in total. The summed E-state index contributed by atoms with van der Waals surface area (Å²) in [5.41, 5.74) is 1.29. The lowest BCUT2D eigenvalue weighted by Gasteiger charge is -2.30. The number of benzene rings is 1. The Balaban J connectivity index is 1.81. The van der Waals surface area contributed by atoms with Crippen molar-refractivity contribution in [1.82, 2.24) is 10.2 Å². The van der Waals surface area contributed by atoms with Crippen LogP contribution in [0, 0.1) is 0 Å². The number of methoxy groups -OCH3 is 1. The fourth-order valence-corrected chi connectivity index (χ4v) is 2.64. The standard InChI is InChI=1S/C16H26N2O2/c1-13(12-18-8-10-20-11-9-18)17-14(2)15-4-6-16(19-3)7-5-15/h4-7,13-14,17H,8-12H2,1-3H3. The minimum atomic E-state index is 0.344. The predicted octanol–water partition coefficient (Wildman–Crippen LogP) is 2.07. The van der Waals surface area contributed by atoms with Gasteiger partial charge < -0.3 is 14.8 Å². The number of rotatable bonds is 6. The molecule has 1 saturated heterocycles. The van der Waals surface area contributed by atoms with E-state index in [0.717, 1.165) is 38.6 Å². The molecule has 1 fully saturated rings. The molecular weight excluding hydrogens is 252 g/mol. The number of nitrogens with zero attached hydrogens (tertiary/aromatic N) is 1. The summed E-state index contributed by atoms with van der Waals surface area (Å²) in [6.07, 6.45) is 0. The van der Waals surface area contributed by atoms with Gasteiger partial charge in [0.1, 0.15) is 5.75 Å². The van der Waals surface area contributed by atoms with Crippen LogP contribution in [0.1, 0.15) is 25.5 Å². The van der Waals surface area contributed by atoms with Crippen LogP contribution in [-0.4, -0.2) is 50.9 Å². The third kappa shape index (κ3) is 4.47. The van der Waals surface area contributed by atoms with E-state index in [2.05, 4.69) is 36.2 Å². The quantitative estimate of drug-likeness (QED) is 0.863. The lowest BCUT2D eigenvalue weighted by atomic mass is 10.1. The van der Waals surface area contributed by atoms with Gasteiger partial charge in [-0.15, -0.1) is 0 Å². The molecule has 0 radical (unpaired) electrons. The zero-order valence-electron chi connectivity index (χ0n) is 12.8. The normalized spacial score (nSPS) is 19.6. The molecule has 20 heavy (non-hydrogen) atoms. The van der Waals surface area contributed by atoms with E-state index in [9.17, 15) is 0 Å². The smallest absolute Gasteiger partial charge is 0.118 e. The molecule has 0 aliphatic carbocycles. The first-order valence-electron chi connectivity index (χ1n) is 7.39. The molecule has 1 aromatic rings. The highest BCUT2D eigenvalue weighted by Gasteiger charge is 2.15. The molecule has 4 heteroatoms. The second-order valence-electron chi connectivity index (χ2n) is 5.48. The van der Waals surface area contributed by atoms with E-state index in [1.54, 1.807) is 7.11 Å². The molecule has 0 aromatic heterocycles. The Labute approximate surface area is 122 Å². The largest absolute Gasteiger partial charge is 0.497 e. The first-order chi connectivity index (χ1) is 9.69. The molecule has 1 N–H and O–H groups in total. The molecule has 0 spiro atoms. The van der Waals surface area contributed by atoms with Crippen LogP contribution in [0.3, 0.4) is 0 Å². The van der Waals surface area contributed by atoms with Gasteiger partial charge in [0.2, 0.25) is 0 Å². The van der Waals surface area contributed by atoms with Crippen molar-refractivity contribution < 1.29 is 9.47 Å². The second kappa shape index (κ2) is 7.62. The van der Waals surface area contributed by atoms with Crippen LogP contribution >= 0.6 is 0 Å². The maximum atomic E-state index is 5.38. The molecule has 0 amide bonds. The van der Waals surface area contributed by atoms with Crippen LogP contribution in [0.5, 0.6) is 5.75 Å². The zero-order valence-corrected chi connectivity index (χ0v) is 12.8. The molecule has 1 heterocycles. The molecule has 1 aromatic carbocycles. The molecule has 2 unspecified atom stereocenters. The molecule has 2 atom stereocenters. The monoisotopic (exact) mass is 278 g/mol.